The maximum atomic E-state index is 12.3. The molecule has 25 heavy (non-hydrogen) atoms. The molecule has 0 spiro atoms. The summed E-state index contributed by atoms with van der Waals surface area (Å²) in [6.07, 6.45) is -0.460. The lowest BCUT2D eigenvalue weighted by Crippen LogP contribution is -2.44. The smallest absolute Gasteiger partial charge is 0.325 e. The number of fused-ring (bicyclic) bond motifs is 1. The van der Waals surface area contributed by atoms with Gasteiger partial charge in [0.15, 0.2) is 0 Å². The van der Waals surface area contributed by atoms with Crippen LogP contribution < -0.4 is 10.1 Å². The van der Waals surface area contributed by atoms with Crippen LogP contribution in [0.3, 0.4) is 0 Å². The van der Waals surface area contributed by atoms with Crippen LogP contribution in [0.1, 0.15) is 20.3 Å². The first-order chi connectivity index (χ1) is 11.9. The van der Waals surface area contributed by atoms with E-state index in [9.17, 15) is 14.7 Å². The summed E-state index contributed by atoms with van der Waals surface area (Å²) in [5, 5.41) is 15.0. The van der Waals surface area contributed by atoms with Crippen LogP contribution in [0.25, 0.3) is 10.8 Å². The standard InChI is InChI=1S/C19H22N2O4/c1-3-19(2)17(23)21(18(24)20-19)11-15(22)12-25-16-9-8-13-6-4-5-7-14(13)10-16/h4-10,15,22H,3,11-12H2,1-2H3,(H,20,24). The third-order valence-electron chi connectivity index (χ3n) is 4.61. The van der Waals surface area contributed by atoms with Crippen molar-refractivity contribution in [2.45, 2.75) is 31.9 Å². The average molecular weight is 342 g/mol. The molecule has 6 nitrogen and oxygen atoms in total. The lowest BCUT2D eigenvalue weighted by molar-refractivity contribution is -0.132. The van der Waals surface area contributed by atoms with E-state index in [0.29, 0.717) is 12.2 Å². The molecule has 1 fully saturated rings. The molecular weight excluding hydrogens is 320 g/mol. The van der Waals surface area contributed by atoms with Crippen molar-refractivity contribution >= 4 is 22.7 Å². The predicted molar refractivity (Wildman–Crippen MR) is 94.4 cm³/mol. The Morgan fingerprint density at radius 3 is 2.60 bits per heavy atom. The van der Waals surface area contributed by atoms with Gasteiger partial charge in [-0.1, -0.05) is 37.3 Å². The Kier molecular flexibility index (Phi) is 4.63. The van der Waals surface area contributed by atoms with Crippen molar-refractivity contribution in [3.8, 4) is 5.75 Å². The molecule has 132 valence electrons. The number of nitrogens with zero attached hydrogens (tertiary/aromatic N) is 1. The van der Waals surface area contributed by atoms with Crippen molar-refractivity contribution in [1.82, 2.24) is 10.2 Å². The van der Waals surface area contributed by atoms with Gasteiger partial charge in [-0.05, 0) is 36.2 Å². The predicted octanol–water partition coefficient (Wildman–Crippen LogP) is 2.30. The minimum atomic E-state index is -0.958. The van der Waals surface area contributed by atoms with Crippen LogP contribution in [-0.4, -0.2) is 46.7 Å². The number of rotatable bonds is 6. The van der Waals surface area contributed by atoms with E-state index < -0.39 is 17.7 Å². The largest absolute Gasteiger partial charge is 0.491 e. The molecule has 2 aromatic carbocycles. The summed E-state index contributed by atoms with van der Waals surface area (Å²) in [4.78, 5) is 25.3. The Morgan fingerprint density at radius 2 is 1.92 bits per heavy atom. The number of carbonyl (C=O) groups excluding carboxylic acids is 2. The van der Waals surface area contributed by atoms with E-state index >= 15 is 0 Å². The second kappa shape index (κ2) is 6.72. The molecule has 0 radical (unpaired) electrons. The van der Waals surface area contributed by atoms with Gasteiger partial charge in [0.1, 0.15) is 24.0 Å². The number of ether oxygens (including phenoxy) is 1. The number of amides is 3. The second-order valence-corrected chi connectivity index (χ2v) is 6.51. The van der Waals surface area contributed by atoms with Crippen molar-refractivity contribution in [2.24, 2.45) is 0 Å². The number of carbonyl (C=O) groups is 2. The zero-order valence-corrected chi connectivity index (χ0v) is 14.4. The van der Waals surface area contributed by atoms with E-state index in [2.05, 4.69) is 5.32 Å². The summed E-state index contributed by atoms with van der Waals surface area (Å²) in [6, 6.07) is 13.1. The molecular formula is C19H22N2O4. The number of benzene rings is 2. The number of nitrogens with one attached hydrogen (secondary N) is 1. The lowest BCUT2D eigenvalue weighted by Gasteiger charge is -2.21. The van der Waals surface area contributed by atoms with Crippen molar-refractivity contribution < 1.29 is 19.4 Å². The summed E-state index contributed by atoms with van der Waals surface area (Å²) in [5.41, 5.74) is -0.893. The van der Waals surface area contributed by atoms with Crippen LogP contribution >= 0.6 is 0 Å². The van der Waals surface area contributed by atoms with Gasteiger partial charge in [0, 0.05) is 0 Å². The van der Waals surface area contributed by atoms with Gasteiger partial charge in [0.05, 0.1) is 6.54 Å². The first-order valence-electron chi connectivity index (χ1n) is 8.37. The highest BCUT2D eigenvalue weighted by molar-refractivity contribution is 6.06. The topological polar surface area (TPSA) is 78.9 Å². The van der Waals surface area contributed by atoms with Crippen molar-refractivity contribution in [2.75, 3.05) is 13.2 Å². The molecule has 2 N–H and O–H groups in total. The van der Waals surface area contributed by atoms with Gasteiger partial charge in [-0.15, -0.1) is 0 Å². The highest BCUT2D eigenvalue weighted by Crippen LogP contribution is 2.22. The van der Waals surface area contributed by atoms with Crippen molar-refractivity contribution in [1.29, 1.82) is 0 Å². The SMILES string of the molecule is CCC1(C)NC(=O)N(CC(O)COc2ccc3ccccc3c2)C1=O. The summed E-state index contributed by atoms with van der Waals surface area (Å²) in [7, 11) is 0. The van der Waals surface area contributed by atoms with E-state index in [4.69, 9.17) is 4.74 Å². The van der Waals surface area contributed by atoms with Crippen LogP contribution in [0, 0.1) is 0 Å². The van der Waals surface area contributed by atoms with Gasteiger partial charge < -0.3 is 15.2 Å². The Morgan fingerprint density at radius 1 is 1.20 bits per heavy atom. The molecule has 1 saturated heterocycles. The number of hydrogen-bond donors (Lipinski definition) is 2. The molecule has 3 amide bonds. The van der Waals surface area contributed by atoms with Gasteiger partial charge in [0.25, 0.3) is 5.91 Å². The monoisotopic (exact) mass is 342 g/mol. The molecule has 0 bridgehead atoms. The zero-order chi connectivity index (χ0) is 18.0. The van der Waals surface area contributed by atoms with E-state index in [-0.39, 0.29) is 19.1 Å². The minimum absolute atomic E-state index is 0.00175. The molecule has 0 saturated carbocycles. The van der Waals surface area contributed by atoms with Crippen molar-refractivity contribution in [3.05, 3.63) is 42.5 Å². The maximum Gasteiger partial charge on any atom is 0.325 e. The third-order valence-corrected chi connectivity index (χ3v) is 4.61. The minimum Gasteiger partial charge on any atom is -0.491 e. The molecule has 1 heterocycles. The fraction of sp³-hybridized carbons (Fsp3) is 0.368. The van der Waals surface area contributed by atoms with E-state index in [1.54, 1.807) is 6.92 Å². The number of β-amino-alcohol motifs (C(OH)–C–C–N with tert-alkyl or cyclic N) is 1. The molecule has 1 aliphatic heterocycles. The van der Waals surface area contributed by atoms with Gasteiger partial charge in [-0.3, -0.25) is 9.69 Å². The first-order valence-corrected chi connectivity index (χ1v) is 8.37. The first kappa shape index (κ1) is 17.2. The average Bonchev–Trinajstić information content (AvgIpc) is 2.83. The molecule has 0 aliphatic carbocycles. The fourth-order valence-electron chi connectivity index (χ4n) is 2.87. The number of urea groups is 1. The quantitative estimate of drug-likeness (QED) is 0.790. The van der Waals surface area contributed by atoms with Gasteiger partial charge in [0.2, 0.25) is 0 Å². The molecule has 6 heteroatoms. The highest BCUT2D eigenvalue weighted by atomic mass is 16.5. The van der Waals surface area contributed by atoms with E-state index in [1.807, 2.05) is 49.4 Å². The molecule has 3 rings (SSSR count). The molecule has 2 aromatic rings. The van der Waals surface area contributed by atoms with Gasteiger partial charge in [-0.2, -0.15) is 0 Å². The molecule has 2 unspecified atom stereocenters. The second-order valence-electron chi connectivity index (χ2n) is 6.51. The van der Waals surface area contributed by atoms with Crippen LogP contribution in [-0.2, 0) is 4.79 Å². The summed E-state index contributed by atoms with van der Waals surface area (Å²) in [6.45, 7) is 3.43. The Labute approximate surface area is 146 Å². The highest BCUT2D eigenvalue weighted by Gasteiger charge is 2.46. The number of aliphatic hydroxyl groups excluding tert-OH is 1. The summed E-state index contributed by atoms with van der Waals surface area (Å²) < 4.78 is 5.62. The van der Waals surface area contributed by atoms with Crippen molar-refractivity contribution in [3.63, 3.8) is 0 Å². The lowest BCUT2D eigenvalue weighted by atomic mass is 9.99. The number of imide groups is 1. The van der Waals surface area contributed by atoms with Crippen LogP contribution in [0.5, 0.6) is 5.75 Å². The van der Waals surface area contributed by atoms with Gasteiger partial charge >= 0.3 is 6.03 Å². The third kappa shape index (κ3) is 3.44. The molecule has 2 atom stereocenters. The van der Waals surface area contributed by atoms with Gasteiger partial charge in [-0.25, -0.2) is 4.79 Å². The maximum absolute atomic E-state index is 12.3. The zero-order valence-electron chi connectivity index (χ0n) is 14.4. The van der Waals surface area contributed by atoms with Crippen LogP contribution in [0.2, 0.25) is 0 Å². The number of aliphatic hydroxyl groups is 1. The van der Waals surface area contributed by atoms with E-state index in [0.717, 1.165) is 15.7 Å². The summed E-state index contributed by atoms with van der Waals surface area (Å²) >= 11 is 0. The fourth-order valence-corrected chi connectivity index (χ4v) is 2.87. The molecule has 1 aliphatic rings. The Bertz CT molecular complexity index is 807. The van der Waals surface area contributed by atoms with E-state index in [1.165, 1.54) is 0 Å². The van der Waals surface area contributed by atoms with Crippen LogP contribution in [0.4, 0.5) is 4.79 Å². The Balaban J connectivity index is 1.60. The van der Waals surface area contributed by atoms with Crippen LogP contribution in [0.15, 0.2) is 42.5 Å². The summed E-state index contributed by atoms with van der Waals surface area (Å²) in [5.74, 6) is 0.318. The number of hydrogen-bond acceptors (Lipinski definition) is 4. The Hall–Kier alpha value is -2.60. The normalized spacial score (nSPS) is 21.5. The molecule has 0 aromatic heterocycles.